The minimum atomic E-state index is -1.22. The maximum Gasteiger partial charge on any atom is 0.271 e. The van der Waals surface area contributed by atoms with Crippen LogP contribution < -0.4 is 9.64 Å². The van der Waals surface area contributed by atoms with Crippen LogP contribution in [0, 0.1) is 0 Å². The molecule has 2 saturated heterocycles. The van der Waals surface area contributed by atoms with Crippen LogP contribution in [0.5, 0.6) is 5.75 Å². The molecule has 138 valence electrons. The molecule has 2 aliphatic rings. The van der Waals surface area contributed by atoms with Gasteiger partial charge in [-0.1, -0.05) is 36.4 Å². The molecule has 2 aliphatic heterocycles. The SMILES string of the molecule is COc1ccccc1C=C1C(=O)N(c2ccccc2)C(=O)C12CCCCO2. The van der Waals surface area contributed by atoms with Crippen LogP contribution in [0.25, 0.3) is 6.08 Å². The Balaban J connectivity index is 1.86. The van der Waals surface area contributed by atoms with Gasteiger partial charge in [-0.3, -0.25) is 9.59 Å². The van der Waals surface area contributed by atoms with Crippen LogP contribution in [0.3, 0.4) is 0 Å². The van der Waals surface area contributed by atoms with Gasteiger partial charge in [-0.25, -0.2) is 4.90 Å². The minimum absolute atomic E-state index is 0.306. The van der Waals surface area contributed by atoms with Gasteiger partial charge in [-0.05, 0) is 43.5 Å². The molecule has 0 N–H and O–H groups in total. The number of hydrogen-bond donors (Lipinski definition) is 0. The second-order valence-electron chi connectivity index (χ2n) is 6.71. The largest absolute Gasteiger partial charge is 0.496 e. The molecule has 0 radical (unpaired) electrons. The summed E-state index contributed by atoms with van der Waals surface area (Å²) in [5.41, 5.74) is 0.469. The summed E-state index contributed by atoms with van der Waals surface area (Å²) in [4.78, 5) is 27.9. The summed E-state index contributed by atoms with van der Waals surface area (Å²) in [7, 11) is 1.59. The second kappa shape index (κ2) is 7.00. The Labute approximate surface area is 158 Å². The Morgan fingerprint density at radius 2 is 1.78 bits per heavy atom. The topological polar surface area (TPSA) is 55.8 Å². The first-order chi connectivity index (χ1) is 13.2. The highest BCUT2D eigenvalue weighted by Gasteiger charge is 2.57. The van der Waals surface area contributed by atoms with Crippen molar-refractivity contribution in [3.8, 4) is 5.75 Å². The number of methoxy groups -OCH3 is 1. The van der Waals surface area contributed by atoms with Crippen LogP contribution in [-0.2, 0) is 14.3 Å². The van der Waals surface area contributed by atoms with Crippen molar-refractivity contribution in [3.05, 3.63) is 65.7 Å². The number of rotatable bonds is 3. The smallest absolute Gasteiger partial charge is 0.271 e. The lowest BCUT2D eigenvalue weighted by Crippen LogP contribution is -2.45. The molecule has 27 heavy (non-hydrogen) atoms. The molecule has 4 rings (SSSR count). The van der Waals surface area contributed by atoms with Gasteiger partial charge in [0.25, 0.3) is 11.8 Å². The summed E-state index contributed by atoms with van der Waals surface area (Å²) in [6.07, 6.45) is 3.97. The predicted octanol–water partition coefficient (Wildman–Crippen LogP) is 3.59. The van der Waals surface area contributed by atoms with Crippen molar-refractivity contribution in [1.82, 2.24) is 0 Å². The third kappa shape index (κ3) is 2.84. The molecule has 5 nitrogen and oxygen atoms in total. The highest BCUT2D eigenvalue weighted by Crippen LogP contribution is 2.43. The average molecular weight is 363 g/mol. The molecule has 2 aromatic rings. The van der Waals surface area contributed by atoms with E-state index < -0.39 is 5.60 Å². The molecule has 2 aromatic carbocycles. The van der Waals surface area contributed by atoms with E-state index in [-0.39, 0.29) is 11.8 Å². The molecule has 1 atom stereocenters. The molecule has 2 heterocycles. The number of anilines is 1. The van der Waals surface area contributed by atoms with Gasteiger partial charge in [0, 0.05) is 12.2 Å². The Kier molecular flexibility index (Phi) is 4.54. The maximum absolute atomic E-state index is 13.4. The Bertz CT molecular complexity index is 898. The van der Waals surface area contributed by atoms with E-state index in [1.54, 1.807) is 25.3 Å². The molecule has 2 fully saturated rings. The van der Waals surface area contributed by atoms with E-state index in [4.69, 9.17) is 9.47 Å². The van der Waals surface area contributed by atoms with Crippen LogP contribution >= 0.6 is 0 Å². The van der Waals surface area contributed by atoms with Crippen molar-refractivity contribution in [1.29, 1.82) is 0 Å². The quantitative estimate of drug-likeness (QED) is 0.618. The van der Waals surface area contributed by atoms with Crippen LogP contribution in [-0.4, -0.2) is 31.1 Å². The molecule has 2 amide bonds. The lowest BCUT2D eigenvalue weighted by molar-refractivity contribution is -0.140. The number of para-hydroxylation sites is 2. The number of carbonyl (C=O) groups excluding carboxylic acids is 2. The first kappa shape index (κ1) is 17.5. The minimum Gasteiger partial charge on any atom is -0.496 e. The first-order valence-corrected chi connectivity index (χ1v) is 9.10. The molecule has 0 saturated carbocycles. The number of hydrogen-bond acceptors (Lipinski definition) is 4. The van der Waals surface area contributed by atoms with E-state index in [0.29, 0.717) is 30.0 Å². The fourth-order valence-corrected chi connectivity index (χ4v) is 3.79. The van der Waals surface area contributed by atoms with Crippen molar-refractivity contribution < 1.29 is 19.1 Å². The number of carbonyl (C=O) groups is 2. The standard InChI is InChI=1S/C22H21NO4/c1-26-19-12-6-5-9-16(19)15-18-20(24)23(17-10-3-2-4-11-17)21(25)22(18)13-7-8-14-27-22/h2-6,9-12,15H,7-8,13-14H2,1H3. The normalized spacial score (nSPS) is 24.0. The zero-order valence-corrected chi connectivity index (χ0v) is 15.2. The van der Waals surface area contributed by atoms with Gasteiger partial charge in [0.1, 0.15) is 5.75 Å². The van der Waals surface area contributed by atoms with Gasteiger partial charge in [0.2, 0.25) is 0 Å². The Morgan fingerprint density at radius 1 is 1.04 bits per heavy atom. The van der Waals surface area contributed by atoms with Gasteiger partial charge < -0.3 is 9.47 Å². The molecule has 5 heteroatoms. The van der Waals surface area contributed by atoms with Gasteiger partial charge in [-0.2, -0.15) is 0 Å². The fourth-order valence-electron chi connectivity index (χ4n) is 3.79. The van der Waals surface area contributed by atoms with Crippen molar-refractivity contribution in [3.63, 3.8) is 0 Å². The summed E-state index contributed by atoms with van der Waals surface area (Å²) < 4.78 is 11.4. The van der Waals surface area contributed by atoms with Gasteiger partial charge in [0.05, 0.1) is 18.4 Å². The Hall–Kier alpha value is -2.92. The molecule has 1 unspecified atom stereocenters. The highest BCUT2D eigenvalue weighted by atomic mass is 16.5. The zero-order valence-electron chi connectivity index (χ0n) is 15.2. The third-order valence-electron chi connectivity index (χ3n) is 5.14. The van der Waals surface area contributed by atoms with Gasteiger partial charge in [-0.15, -0.1) is 0 Å². The highest BCUT2D eigenvalue weighted by molar-refractivity contribution is 6.33. The molecular formula is C22H21NO4. The van der Waals surface area contributed by atoms with Crippen molar-refractivity contribution in [2.45, 2.75) is 24.9 Å². The molecule has 0 aromatic heterocycles. The van der Waals surface area contributed by atoms with Crippen LogP contribution in [0.4, 0.5) is 5.69 Å². The summed E-state index contributed by atoms with van der Waals surface area (Å²) in [6.45, 7) is 0.463. The summed E-state index contributed by atoms with van der Waals surface area (Å²) in [6, 6.07) is 16.4. The van der Waals surface area contributed by atoms with Crippen LogP contribution in [0.1, 0.15) is 24.8 Å². The van der Waals surface area contributed by atoms with Crippen molar-refractivity contribution in [2.24, 2.45) is 0 Å². The molecule has 0 aliphatic carbocycles. The fraction of sp³-hybridized carbons (Fsp3) is 0.273. The van der Waals surface area contributed by atoms with Crippen LogP contribution in [0.2, 0.25) is 0 Å². The van der Waals surface area contributed by atoms with Gasteiger partial charge in [0.15, 0.2) is 5.60 Å². The lowest BCUT2D eigenvalue weighted by atomic mass is 9.86. The summed E-state index contributed by atoms with van der Waals surface area (Å²) >= 11 is 0. The van der Waals surface area contributed by atoms with E-state index in [2.05, 4.69) is 0 Å². The summed E-state index contributed by atoms with van der Waals surface area (Å²) in [5.74, 6) is 0.00734. The Morgan fingerprint density at radius 3 is 2.48 bits per heavy atom. The third-order valence-corrected chi connectivity index (χ3v) is 5.14. The second-order valence-corrected chi connectivity index (χ2v) is 6.71. The van der Waals surface area contributed by atoms with E-state index in [1.807, 2.05) is 42.5 Å². The molecular weight excluding hydrogens is 342 g/mol. The summed E-state index contributed by atoms with van der Waals surface area (Å²) in [5, 5.41) is 0. The van der Waals surface area contributed by atoms with Crippen molar-refractivity contribution in [2.75, 3.05) is 18.6 Å². The monoisotopic (exact) mass is 363 g/mol. The van der Waals surface area contributed by atoms with Crippen LogP contribution in [0.15, 0.2) is 60.2 Å². The number of benzene rings is 2. The number of imide groups is 1. The first-order valence-electron chi connectivity index (χ1n) is 9.10. The van der Waals surface area contributed by atoms with E-state index in [9.17, 15) is 9.59 Å². The number of amides is 2. The van der Waals surface area contributed by atoms with Crippen molar-refractivity contribution >= 4 is 23.6 Å². The average Bonchev–Trinajstić information content (AvgIpc) is 2.91. The maximum atomic E-state index is 13.4. The van der Waals surface area contributed by atoms with E-state index in [0.717, 1.165) is 18.4 Å². The van der Waals surface area contributed by atoms with Gasteiger partial charge >= 0.3 is 0 Å². The number of ether oxygens (including phenoxy) is 2. The van der Waals surface area contributed by atoms with E-state index in [1.165, 1.54) is 4.90 Å². The van der Waals surface area contributed by atoms with E-state index >= 15 is 0 Å². The molecule has 1 spiro atoms. The lowest BCUT2D eigenvalue weighted by Gasteiger charge is -2.32. The number of nitrogens with zero attached hydrogens (tertiary/aromatic N) is 1. The molecule has 0 bridgehead atoms. The predicted molar refractivity (Wildman–Crippen MR) is 102 cm³/mol. The zero-order chi connectivity index (χ0) is 18.9.